The van der Waals surface area contributed by atoms with Gasteiger partial charge >= 0.3 is 0 Å². The third-order valence-electron chi connectivity index (χ3n) is 6.36. The number of benzene rings is 3. The van der Waals surface area contributed by atoms with Crippen LogP contribution in [0.3, 0.4) is 0 Å². The summed E-state index contributed by atoms with van der Waals surface area (Å²) >= 11 is 5.41. The molecule has 0 bridgehead atoms. The Morgan fingerprint density at radius 3 is 2.12 bits per heavy atom. The molecule has 0 atom stereocenters. The van der Waals surface area contributed by atoms with Gasteiger partial charge in [0.15, 0.2) is 5.11 Å². The quantitative estimate of drug-likeness (QED) is 0.447. The maximum atomic E-state index is 13.1. The molecule has 0 radical (unpaired) electrons. The number of hydrogen-bond donors (Lipinski definition) is 2. The molecule has 0 saturated carbocycles. The molecule has 0 aromatic heterocycles. The molecule has 2 heterocycles. The Labute approximate surface area is 202 Å². The van der Waals surface area contributed by atoms with E-state index in [-0.39, 0.29) is 18.5 Å². The smallest absolute Gasteiger partial charge is 0.261 e. The molecule has 2 aliphatic rings. The third kappa shape index (κ3) is 4.24. The Morgan fingerprint density at radius 1 is 0.882 bits per heavy atom. The van der Waals surface area contributed by atoms with Crippen molar-refractivity contribution in [1.82, 2.24) is 15.1 Å². The molecule has 5 rings (SSSR count). The van der Waals surface area contributed by atoms with Gasteiger partial charge < -0.3 is 15.5 Å². The van der Waals surface area contributed by atoms with Crippen molar-refractivity contribution < 1.29 is 14.4 Å². The van der Waals surface area contributed by atoms with Gasteiger partial charge in [0.05, 0.1) is 0 Å². The Bertz CT molecular complexity index is 1230. The number of thiocarbonyl (C=S) groups is 1. The van der Waals surface area contributed by atoms with E-state index in [1.165, 1.54) is 0 Å². The van der Waals surface area contributed by atoms with Crippen LogP contribution in [0.4, 0.5) is 5.69 Å². The lowest BCUT2D eigenvalue weighted by molar-refractivity contribution is -0.132. The van der Waals surface area contributed by atoms with Crippen LogP contribution in [-0.2, 0) is 4.79 Å². The van der Waals surface area contributed by atoms with Crippen LogP contribution in [0, 0.1) is 0 Å². The van der Waals surface area contributed by atoms with Crippen molar-refractivity contribution in [2.45, 2.75) is 18.9 Å². The van der Waals surface area contributed by atoms with Gasteiger partial charge in [0.1, 0.15) is 6.54 Å². The van der Waals surface area contributed by atoms with E-state index in [0.29, 0.717) is 34.7 Å². The summed E-state index contributed by atoms with van der Waals surface area (Å²) < 4.78 is 0. The van der Waals surface area contributed by atoms with E-state index >= 15 is 0 Å². The number of nitrogens with one attached hydrogen (secondary N) is 2. The average Bonchev–Trinajstić information content (AvgIpc) is 2.86. The Morgan fingerprint density at radius 2 is 1.50 bits per heavy atom. The number of nitrogens with zero attached hydrogens (tertiary/aromatic N) is 2. The molecule has 3 aromatic carbocycles. The van der Waals surface area contributed by atoms with E-state index in [9.17, 15) is 14.4 Å². The molecular weight excluding hydrogens is 448 g/mol. The van der Waals surface area contributed by atoms with E-state index in [1.54, 1.807) is 29.2 Å². The first-order valence-corrected chi connectivity index (χ1v) is 11.7. The summed E-state index contributed by atoms with van der Waals surface area (Å²) in [6.07, 6.45) is 1.46. The molecule has 172 valence electrons. The van der Waals surface area contributed by atoms with Crippen molar-refractivity contribution in [2.75, 3.05) is 25.0 Å². The number of hydrogen-bond acceptors (Lipinski definition) is 4. The molecule has 0 unspecified atom stereocenters. The molecule has 1 saturated heterocycles. The third-order valence-corrected chi connectivity index (χ3v) is 6.58. The second-order valence-corrected chi connectivity index (χ2v) is 8.93. The summed E-state index contributed by atoms with van der Waals surface area (Å²) in [6.45, 7) is 0.814. The molecule has 2 aliphatic heterocycles. The number of amides is 3. The van der Waals surface area contributed by atoms with E-state index in [4.69, 9.17) is 12.2 Å². The first kappa shape index (κ1) is 22.0. The summed E-state index contributed by atoms with van der Waals surface area (Å²) in [5, 5.41) is 8.53. The van der Waals surface area contributed by atoms with Gasteiger partial charge in [-0.2, -0.15) is 0 Å². The fraction of sp³-hybridized carbons (Fsp3) is 0.231. The fourth-order valence-electron chi connectivity index (χ4n) is 4.61. The van der Waals surface area contributed by atoms with Crippen molar-refractivity contribution in [1.29, 1.82) is 0 Å². The zero-order valence-corrected chi connectivity index (χ0v) is 19.3. The van der Waals surface area contributed by atoms with Crippen LogP contribution < -0.4 is 10.6 Å². The van der Waals surface area contributed by atoms with Gasteiger partial charge in [-0.05, 0) is 54.7 Å². The maximum Gasteiger partial charge on any atom is 0.261 e. The number of anilines is 1. The highest BCUT2D eigenvalue weighted by Gasteiger charge is 2.35. The number of rotatable bonds is 4. The minimum atomic E-state index is -0.420. The average molecular weight is 473 g/mol. The van der Waals surface area contributed by atoms with Gasteiger partial charge in [0.2, 0.25) is 5.91 Å². The minimum Gasteiger partial charge on any atom is -0.360 e. The number of carbonyl (C=O) groups excluding carboxylic acids is 3. The number of likely N-dealkylation sites (tertiary alicyclic amines) is 1. The van der Waals surface area contributed by atoms with Crippen molar-refractivity contribution in [3.05, 3.63) is 77.9 Å². The topological polar surface area (TPSA) is 81.8 Å². The standard InChI is InChI=1S/C26H24N4O3S/c31-22(29-14-12-19(13-15-29)28-26(34)27-18-8-2-1-3-9-18)16-30-24(32)20-10-4-6-17-7-5-11-21(23(17)20)25(30)33/h1-11,19H,12-16H2,(H2,27,28,34). The molecule has 0 aliphatic carbocycles. The van der Waals surface area contributed by atoms with Crippen molar-refractivity contribution in [3.63, 3.8) is 0 Å². The summed E-state index contributed by atoms with van der Waals surface area (Å²) in [5.41, 5.74) is 1.84. The lowest BCUT2D eigenvalue weighted by Crippen LogP contribution is -2.51. The van der Waals surface area contributed by atoms with Gasteiger partial charge in [-0.25, -0.2) is 0 Å². The lowest BCUT2D eigenvalue weighted by atomic mass is 9.94. The lowest BCUT2D eigenvalue weighted by Gasteiger charge is -2.34. The summed E-state index contributed by atoms with van der Waals surface area (Å²) in [7, 11) is 0. The van der Waals surface area contributed by atoms with Crippen LogP contribution in [0.5, 0.6) is 0 Å². The molecule has 3 aromatic rings. The molecule has 3 amide bonds. The van der Waals surface area contributed by atoms with Gasteiger partial charge in [0, 0.05) is 41.3 Å². The summed E-state index contributed by atoms with van der Waals surface area (Å²) in [5.74, 6) is -1.07. The predicted octanol–water partition coefficient (Wildman–Crippen LogP) is 3.41. The number of para-hydroxylation sites is 1. The van der Waals surface area contributed by atoms with E-state index in [1.807, 2.05) is 42.5 Å². The molecule has 0 spiro atoms. The monoisotopic (exact) mass is 472 g/mol. The van der Waals surface area contributed by atoms with Crippen molar-refractivity contribution >= 4 is 51.5 Å². The highest BCUT2D eigenvalue weighted by atomic mass is 32.1. The number of carbonyl (C=O) groups is 3. The Balaban J connectivity index is 1.19. The molecule has 34 heavy (non-hydrogen) atoms. The van der Waals surface area contributed by atoms with Crippen LogP contribution in [0.2, 0.25) is 0 Å². The molecule has 2 N–H and O–H groups in total. The molecule has 7 nitrogen and oxygen atoms in total. The van der Waals surface area contributed by atoms with Crippen molar-refractivity contribution in [2.24, 2.45) is 0 Å². The predicted molar refractivity (Wildman–Crippen MR) is 135 cm³/mol. The maximum absolute atomic E-state index is 13.1. The second kappa shape index (κ2) is 9.23. The Kier molecular flexibility index (Phi) is 5.98. The summed E-state index contributed by atoms with van der Waals surface area (Å²) in [4.78, 5) is 41.9. The van der Waals surface area contributed by atoms with Crippen molar-refractivity contribution in [3.8, 4) is 0 Å². The van der Waals surface area contributed by atoms with E-state index in [0.717, 1.165) is 28.8 Å². The fourth-order valence-corrected chi connectivity index (χ4v) is 4.89. The van der Waals surface area contributed by atoms with Gasteiger partial charge in [-0.1, -0.05) is 42.5 Å². The zero-order valence-electron chi connectivity index (χ0n) is 18.5. The highest BCUT2D eigenvalue weighted by molar-refractivity contribution is 7.80. The SMILES string of the molecule is O=C(CN1C(=O)c2cccc3cccc(c23)C1=O)N1CCC(NC(=S)Nc2ccccc2)CC1. The van der Waals surface area contributed by atoms with E-state index in [2.05, 4.69) is 10.6 Å². The van der Waals surface area contributed by atoms with Crippen LogP contribution in [0.25, 0.3) is 10.8 Å². The normalized spacial score (nSPS) is 16.0. The summed E-state index contributed by atoms with van der Waals surface area (Å²) in [6, 6.07) is 20.6. The first-order chi connectivity index (χ1) is 16.5. The zero-order chi connectivity index (χ0) is 23.7. The first-order valence-electron chi connectivity index (χ1n) is 11.3. The van der Waals surface area contributed by atoms with Crippen LogP contribution in [-0.4, -0.2) is 58.3 Å². The molecular formula is C26H24N4O3S. The number of imide groups is 1. The van der Waals surface area contributed by atoms with Crippen LogP contribution in [0.15, 0.2) is 66.7 Å². The van der Waals surface area contributed by atoms with Crippen LogP contribution >= 0.6 is 12.2 Å². The van der Waals surface area contributed by atoms with Crippen LogP contribution in [0.1, 0.15) is 33.6 Å². The second-order valence-electron chi connectivity index (χ2n) is 8.53. The molecule has 1 fully saturated rings. The van der Waals surface area contributed by atoms with Gasteiger partial charge in [-0.3, -0.25) is 19.3 Å². The Hall–Kier alpha value is -3.78. The van der Waals surface area contributed by atoms with E-state index < -0.39 is 11.8 Å². The van der Waals surface area contributed by atoms with Gasteiger partial charge in [0.25, 0.3) is 11.8 Å². The highest BCUT2D eigenvalue weighted by Crippen LogP contribution is 2.30. The minimum absolute atomic E-state index is 0.149. The number of piperidine rings is 1. The molecule has 8 heteroatoms. The van der Waals surface area contributed by atoms with Gasteiger partial charge in [-0.15, -0.1) is 0 Å². The largest absolute Gasteiger partial charge is 0.360 e.